The SMILES string of the molecule is Cc1ccccc1C(=O)C1CC(C(=O)O)N(N)c2cc(Cl)cc(Cl)c21. The van der Waals surface area contributed by atoms with Crippen molar-refractivity contribution in [3.8, 4) is 0 Å². The zero-order valence-electron chi connectivity index (χ0n) is 13.4. The maximum absolute atomic E-state index is 13.2. The lowest BCUT2D eigenvalue weighted by atomic mass is 9.80. The summed E-state index contributed by atoms with van der Waals surface area (Å²) in [5.41, 5.74) is 2.24. The van der Waals surface area contributed by atoms with Gasteiger partial charge in [-0.05, 0) is 31.0 Å². The lowest BCUT2D eigenvalue weighted by Gasteiger charge is -2.37. The molecule has 3 rings (SSSR count). The summed E-state index contributed by atoms with van der Waals surface area (Å²) in [6.45, 7) is 1.84. The molecule has 2 aromatic carbocycles. The Hall–Kier alpha value is -2.08. The van der Waals surface area contributed by atoms with Crippen molar-refractivity contribution < 1.29 is 14.7 Å². The van der Waals surface area contributed by atoms with Crippen molar-refractivity contribution in [2.75, 3.05) is 5.01 Å². The highest BCUT2D eigenvalue weighted by atomic mass is 35.5. The predicted molar refractivity (Wildman–Crippen MR) is 97.4 cm³/mol. The van der Waals surface area contributed by atoms with Crippen molar-refractivity contribution in [1.82, 2.24) is 0 Å². The van der Waals surface area contributed by atoms with Crippen LogP contribution in [-0.4, -0.2) is 22.9 Å². The number of carboxylic acids is 1. The number of carbonyl (C=O) groups excluding carboxylic acids is 1. The standard InChI is InChI=1S/C18H16Cl2N2O3/c1-9-4-2-3-5-11(9)17(23)12-8-15(18(24)25)22(21)14-7-10(19)6-13(20)16(12)14/h2-7,12,15H,8,21H2,1H3,(H,24,25). The number of halogens is 2. The molecule has 130 valence electrons. The van der Waals surface area contributed by atoms with E-state index in [1.165, 1.54) is 12.1 Å². The van der Waals surface area contributed by atoms with Crippen LogP contribution in [0.1, 0.15) is 33.8 Å². The molecule has 3 N–H and O–H groups in total. The first-order chi connectivity index (χ1) is 11.8. The first kappa shape index (κ1) is 17.7. The molecule has 0 saturated heterocycles. The number of nitrogens with zero attached hydrogens (tertiary/aromatic N) is 1. The Morgan fingerprint density at radius 2 is 1.92 bits per heavy atom. The molecule has 0 radical (unpaired) electrons. The van der Waals surface area contributed by atoms with Crippen LogP contribution in [0, 0.1) is 6.92 Å². The Bertz CT molecular complexity index is 869. The number of fused-ring (bicyclic) bond motifs is 1. The summed E-state index contributed by atoms with van der Waals surface area (Å²) in [7, 11) is 0. The van der Waals surface area contributed by atoms with E-state index in [1.807, 2.05) is 19.1 Å². The van der Waals surface area contributed by atoms with Gasteiger partial charge >= 0.3 is 5.97 Å². The summed E-state index contributed by atoms with van der Waals surface area (Å²) < 4.78 is 0. The van der Waals surface area contributed by atoms with Crippen LogP contribution in [0.3, 0.4) is 0 Å². The highest BCUT2D eigenvalue weighted by Gasteiger charge is 2.40. The van der Waals surface area contributed by atoms with Gasteiger partial charge in [-0.15, -0.1) is 0 Å². The van der Waals surface area contributed by atoms with Crippen molar-refractivity contribution in [3.05, 3.63) is 63.1 Å². The van der Waals surface area contributed by atoms with E-state index in [1.54, 1.807) is 12.1 Å². The predicted octanol–water partition coefficient (Wildman–Crippen LogP) is 3.81. The summed E-state index contributed by atoms with van der Waals surface area (Å²) in [4.78, 5) is 24.8. The fourth-order valence-electron chi connectivity index (χ4n) is 3.25. The summed E-state index contributed by atoms with van der Waals surface area (Å²) in [5.74, 6) is 3.99. The number of carboxylic acid groups (broad SMARTS) is 1. The van der Waals surface area contributed by atoms with E-state index >= 15 is 0 Å². The monoisotopic (exact) mass is 378 g/mol. The van der Waals surface area contributed by atoms with Crippen molar-refractivity contribution in [3.63, 3.8) is 0 Å². The Morgan fingerprint density at radius 1 is 1.24 bits per heavy atom. The molecule has 0 aromatic heterocycles. The average Bonchev–Trinajstić information content (AvgIpc) is 2.55. The summed E-state index contributed by atoms with van der Waals surface area (Å²) in [5, 5.41) is 11.2. The molecule has 1 aliphatic heterocycles. The minimum Gasteiger partial charge on any atom is -0.480 e. The molecule has 0 fully saturated rings. The van der Waals surface area contributed by atoms with E-state index in [2.05, 4.69) is 0 Å². The number of aryl methyl sites for hydroxylation is 1. The molecule has 0 aliphatic carbocycles. The third kappa shape index (κ3) is 3.11. The van der Waals surface area contributed by atoms with Crippen LogP contribution in [0.5, 0.6) is 0 Å². The molecule has 7 heteroatoms. The minimum absolute atomic E-state index is 0.0351. The maximum Gasteiger partial charge on any atom is 0.327 e. The molecule has 0 amide bonds. The number of anilines is 1. The molecule has 0 bridgehead atoms. The molecule has 5 nitrogen and oxygen atoms in total. The number of benzene rings is 2. The summed E-state index contributed by atoms with van der Waals surface area (Å²) in [6, 6.07) is 9.22. The van der Waals surface area contributed by atoms with Gasteiger partial charge in [0.2, 0.25) is 0 Å². The van der Waals surface area contributed by atoms with E-state index in [0.717, 1.165) is 10.6 Å². The van der Waals surface area contributed by atoms with Crippen LogP contribution in [0.15, 0.2) is 36.4 Å². The molecule has 2 aromatic rings. The number of nitrogens with two attached hydrogens (primary N) is 1. The number of hydrogen-bond acceptors (Lipinski definition) is 4. The van der Waals surface area contributed by atoms with Crippen LogP contribution in [0.25, 0.3) is 0 Å². The largest absolute Gasteiger partial charge is 0.480 e. The fourth-order valence-corrected chi connectivity index (χ4v) is 3.86. The Labute approximate surface area is 154 Å². The van der Waals surface area contributed by atoms with Crippen molar-refractivity contribution in [2.45, 2.75) is 25.3 Å². The fraction of sp³-hybridized carbons (Fsp3) is 0.222. The van der Waals surface area contributed by atoms with Crippen molar-refractivity contribution in [2.24, 2.45) is 5.84 Å². The number of rotatable bonds is 3. The normalized spacial score (nSPS) is 19.4. The maximum atomic E-state index is 13.2. The second kappa shape index (κ2) is 6.67. The topological polar surface area (TPSA) is 83.6 Å². The highest BCUT2D eigenvalue weighted by molar-refractivity contribution is 6.36. The molecular formula is C18H16Cl2N2O3. The molecular weight excluding hydrogens is 363 g/mol. The lowest BCUT2D eigenvalue weighted by molar-refractivity contribution is -0.138. The Morgan fingerprint density at radius 3 is 2.56 bits per heavy atom. The van der Waals surface area contributed by atoms with Gasteiger partial charge in [-0.3, -0.25) is 9.80 Å². The molecule has 25 heavy (non-hydrogen) atoms. The van der Waals surface area contributed by atoms with Gasteiger partial charge in [0.05, 0.1) is 11.6 Å². The summed E-state index contributed by atoms with van der Waals surface area (Å²) in [6.07, 6.45) is 0.0351. The van der Waals surface area contributed by atoms with Gasteiger partial charge in [-0.1, -0.05) is 47.5 Å². The van der Waals surface area contributed by atoms with Gasteiger partial charge in [-0.2, -0.15) is 0 Å². The van der Waals surface area contributed by atoms with Gasteiger partial charge < -0.3 is 5.11 Å². The third-order valence-electron chi connectivity index (χ3n) is 4.51. The Balaban J connectivity index is 2.17. The van der Waals surface area contributed by atoms with Crippen molar-refractivity contribution in [1.29, 1.82) is 0 Å². The van der Waals surface area contributed by atoms with Gasteiger partial charge in [0, 0.05) is 21.2 Å². The second-order valence-corrected chi connectivity index (χ2v) is 6.89. The molecule has 1 aliphatic rings. The van der Waals surface area contributed by atoms with Gasteiger partial charge in [0.1, 0.15) is 6.04 Å². The van der Waals surface area contributed by atoms with Crippen LogP contribution in [-0.2, 0) is 4.79 Å². The van der Waals surface area contributed by atoms with Crippen LogP contribution in [0.4, 0.5) is 5.69 Å². The quantitative estimate of drug-likeness (QED) is 0.626. The van der Waals surface area contributed by atoms with Crippen LogP contribution >= 0.6 is 23.2 Å². The lowest BCUT2D eigenvalue weighted by Crippen LogP contribution is -2.51. The zero-order valence-corrected chi connectivity index (χ0v) is 14.9. The highest BCUT2D eigenvalue weighted by Crippen LogP contribution is 2.44. The van der Waals surface area contributed by atoms with Crippen LogP contribution in [0.2, 0.25) is 10.0 Å². The van der Waals surface area contributed by atoms with Gasteiger partial charge in [0.25, 0.3) is 0 Å². The smallest absolute Gasteiger partial charge is 0.327 e. The van der Waals surface area contributed by atoms with E-state index < -0.39 is 17.9 Å². The Kier molecular flexibility index (Phi) is 4.73. The van der Waals surface area contributed by atoms with E-state index in [4.69, 9.17) is 29.0 Å². The number of hydrogen-bond donors (Lipinski definition) is 2. The van der Waals surface area contributed by atoms with E-state index in [9.17, 15) is 14.7 Å². The third-order valence-corrected chi connectivity index (χ3v) is 5.04. The van der Waals surface area contributed by atoms with Gasteiger partial charge in [0.15, 0.2) is 5.78 Å². The van der Waals surface area contributed by atoms with Gasteiger partial charge in [-0.25, -0.2) is 10.6 Å². The number of carbonyl (C=O) groups is 2. The number of aliphatic carboxylic acids is 1. The summed E-state index contributed by atoms with van der Waals surface area (Å²) >= 11 is 12.4. The van der Waals surface area contributed by atoms with Crippen molar-refractivity contribution >= 4 is 40.6 Å². The molecule has 0 spiro atoms. The molecule has 0 saturated carbocycles. The van der Waals surface area contributed by atoms with E-state index in [0.29, 0.717) is 26.9 Å². The number of hydrazine groups is 1. The van der Waals surface area contributed by atoms with E-state index in [-0.39, 0.29) is 12.2 Å². The minimum atomic E-state index is -1.10. The molecule has 1 heterocycles. The second-order valence-electron chi connectivity index (χ2n) is 6.05. The number of ketones is 1. The molecule has 2 unspecified atom stereocenters. The first-order valence-corrected chi connectivity index (χ1v) is 8.42. The number of Topliss-reactive ketones (excluding diaryl/α,β-unsaturated/α-hetero) is 1. The van der Waals surface area contributed by atoms with Crippen LogP contribution < -0.4 is 10.9 Å². The molecule has 2 atom stereocenters. The zero-order chi connectivity index (χ0) is 18.3. The first-order valence-electron chi connectivity index (χ1n) is 7.66. The average molecular weight is 379 g/mol.